The van der Waals surface area contributed by atoms with Gasteiger partial charge >= 0.3 is 11.4 Å². The molecule has 1 unspecified atom stereocenters. The Bertz CT molecular complexity index is 1450. The van der Waals surface area contributed by atoms with Gasteiger partial charge in [-0.05, 0) is 19.9 Å². The standard InChI is InChI=1S/C20H24BN4O10P/c1-10-6-24(19(29)22-17(10)27)15-4-3-12(33-15)9-32-36(21,31)35-13-5-16(34-14(13)8-26)25-7-11(2)18(28)23-20(25)30/h3-4,6-7,12-16,26H,5,8-9H2,1-2H3,(H,22,27,29)(H,23,28,30)/q-1/t12-,13-,14+,15+,16+,36?/m0/s1. The maximum atomic E-state index is 12.8. The second-order valence-corrected chi connectivity index (χ2v) is 9.98. The number of hydrogen-bond donors (Lipinski definition) is 3. The van der Waals surface area contributed by atoms with E-state index in [0.29, 0.717) is 5.56 Å². The minimum absolute atomic E-state index is 0.00243. The maximum absolute atomic E-state index is 12.8. The average Bonchev–Trinajstić information content (AvgIpc) is 3.44. The smallest absolute Gasteiger partial charge is 0.330 e. The van der Waals surface area contributed by atoms with Crippen molar-refractivity contribution in [3.63, 3.8) is 0 Å². The lowest BCUT2D eigenvalue weighted by Gasteiger charge is -2.32. The molecule has 16 heteroatoms. The first-order chi connectivity index (χ1) is 17.0. The first-order valence-corrected chi connectivity index (χ1v) is 12.5. The molecular formula is C20H24BN4O10P-. The van der Waals surface area contributed by atoms with Crippen LogP contribution in [0.1, 0.15) is 30.0 Å². The zero-order valence-electron chi connectivity index (χ0n) is 19.4. The zero-order chi connectivity index (χ0) is 26.2. The molecule has 1 fully saturated rings. The number of aliphatic hydroxyl groups excluding tert-OH is 1. The van der Waals surface area contributed by atoms with Gasteiger partial charge in [-0.3, -0.25) is 28.7 Å². The van der Waals surface area contributed by atoms with Crippen molar-refractivity contribution in [2.24, 2.45) is 0 Å². The van der Waals surface area contributed by atoms with Gasteiger partial charge in [-0.15, -0.1) is 0 Å². The van der Waals surface area contributed by atoms with Gasteiger partial charge in [0.05, 0.1) is 26.8 Å². The molecule has 3 N–H and O–H groups in total. The quantitative estimate of drug-likeness (QED) is 0.223. The molecule has 4 heterocycles. The first-order valence-electron chi connectivity index (χ1n) is 10.9. The van der Waals surface area contributed by atoms with E-state index < -0.39 is 67.3 Å². The summed E-state index contributed by atoms with van der Waals surface area (Å²) in [4.78, 5) is 51.7. The summed E-state index contributed by atoms with van der Waals surface area (Å²) in [7, 11) is 1.57. The van der Waals surface area contributed by atoms with Crippen LogP contribution in [0.15, 0.2) is 43.7 Å². The van der Waals surface area contributed by atoms with Gasteiger partial charge in [0.1, 0.15) is 18.4 Å². The number of rotatable bonds is 8. The highest BCUT2D eigenvalue weighted by molar-refractivity contribution is 7.79. The van der Waals surface area contributed by atoms with Crippen LogP contribution in [0.3, 0.4) is 0 Å². The van der Waals surface area contributed by atoms with Gasteiger partial charge < -0.3 is 35.8 Å². The molecule has 0 spiro atoms. The Kier molecular flexibility index (Phi) is 7.50. The molecule has 0 aliphatic carbocycles. The molecule has 2 aliphatic heterocycles. The maximum Gasteiger partial charge on any atom is 0.330 e. The van der Waals surface area contributed by atoms with Gasteiger partial charge in [0, 0.05) is 29.9 Å². The molecule has 6 atom stereocenters. The van der Waals surface area contributed by atoms with Gasteiger partial charge in [0.15, 0.2) is 6.23 Å². The number of aliphatic hydroxyl groups is 1. The number of aryl methyl sites for hydroxylation is 2. The van der Waals surface area contributed by atoms with E-state index in [1.54, 1.807) is 19.1 Å². The lowest BCUT2D eigenvalue weighted by atomic mass is 10.2. The minimum Gasteiger partial charge on any atom is -0.444 e. The molecule has 4 rings (SSSR count). The van der Waals surface area contributed by atoms with Crippen LogP contribution in [0.2, 0.25) is 0 Å². The topological polar surface area (TPSA) is 184 Å². The first kappa shape index (κ1) is 26.3. The SMILES string of the molecule is [B-]P(=O)(OC[C@@H]1C=C[C@H](n2cc(C)c(=O)[nH]c2=O)O1)O[C@H]1C[C@H](n2cc(C)c(=O)[nH]c2=O)O[C@@H]1CO. The van der Waals surface area contributed by atoms with Crippen molar-refractivity contribution in [2.45, 2.75) is 51.0 Å². The molecule has 2 aromatic heterocycles. The second-order valence-electron chi connectivity index (χ2n) is 8.43. The van der Waals surface area contributed by atoms with Crippen LogP contribution < -0.4 is 22.5 Å². The van der Waals surface area contributed by atoms with E-state index >= 15 is 0 Å². The largest absolute Gasteiger partial charge is 0.444 e. The van der Waals surface area contributed by atoms with E-state index in [-0.39, 0.29) is 18.6 Å². The number of aromatic amines is 2. The van der Waals surface area contributed by atoms with Crippen LogP contribution in [0, 0.1) is 13.8 Å². The number of aromatic nitrogens is 4. The Morgan fingerprint density at radius 2 is 1.67 bits per heavy atom. The molecule has 3 radical (unpaired) electrons. The molecule has 1 saturated heterocycles. The zero-order valence-corrected chi connectivity index (χ0v) is 20.3. The van der Waals surface area contributed by atoms with Crippen molar-refractivity contribution in [1.29, 1.82) is 0 Å². The summed E-state index contributed by atoms with van der Waals surface area (Å²) in [6.45, 7) is 2.27. The summed E-state index contributed by atoms with van der Waals surface area (Å²) in [6.07, 6.45) is 1.42. The monoisotopic (exact) mass is 522 g/mol. The van der Waals surface area contributed by atoms with E-state index in [9.17, 15) is 28.8 Å². The Morgan fingerprint density at radius 1 is 1.06 bits per heavy atom. The Hall–Kier alpha value is -2.81. The molecule has 2 aromatic rings. The van der Waals surface area contributed by atoms with Crippen molar-refractivity contribution in [3.8, 4) is 0 Å². The number of H-pyrrole nitrogens is 2. The summed E-state index contributed by atoms with van der Waals surface area (Å²) in [6, 6.07) is 0. The highest BCUT2D eigenvalue weighted by Crippen LogP contribution is 2.48. The van der Waals surface area contributed by atoms with Crippen molar-refractivity contribution >= 4 is 15.0 Å². The molecule has 2 aliphatic rings. The Balaban J connectivity index is 1.37. The number of hydrogen-bond acceptors (Lipinski definition) is 10. The van der Waals surface area contributed by atoms with Gasteiger partial charge in [0.2, 0.25) is 0 Å². The van der Waals surface area contributed by atoms with Crippen molar-refractivity contribution in [1.82, 2.24) is 19.1 Å². The van der Waals surface area contributed by atoms with Crippen molar-refractivity contribution < 1.29 is 28.2 Å². The van der Waals surface area contributed by atoms with Gasteiger partial charge in [-0.1, -0.05) is 6.08 Å². The Labute approximate surface area is 204 Å². The lowest BCUT2D eigenvalue weighted by molar-refractivity contribution is -0.0448. The summed E-state index contributed by atoms with van der Waals surface area (Å²) in [5, 5.41) is 9.66. The van der Waals surface area contributed by atoms with E-state index in [0.717, 1.165) is 4.57 Å². The summed E-state index contributed by atoms with van der Waals surface area (Å²) < 4.78 is 37.1. The van der Waals surface area contributed by atoms with Crippen LogP contribution in [-0.4, -0.2) is 63.3 Å². The summed E-state index contributed by atoms with van der Waals surface area (Å²) in [5.41, 5.74) is -1.81. The fourth-order valence-corrected chi connectivity index (χ4v) is 4.87. The third-order valence-corrected chi connectivity index (χ3v) is 6.82. The third kappa shape index (κ3) is 5.61. The molecule has 14 nitrogen and oxygen atoms in total. The molecule has 0 amide bonds. The van der Waals surface area contributed by atoms with Crippen LogP contribution >= 0.6 is 7.47 Å². The fourth-order valence-electron chi connectivity index (χ4n) is 3.86. The van der Waals surface area contributed by atoms with Crippen LogP contribution in [0.5, 0.6) is 0 Å². The molecular weight excluding hydrogens is 498 g/mol. The van der Waals surface area contributed by atoms with Crippen LogP contribution in [0.25, 0.3) is 0 Å². The highest BCUT2D eigenvalue weighted by atomic mass is 31.2. The van der Waals surface area contributed by atoms with Gasteiger partial charge in [-0.25, -0.2) is 9.59 Å². The second kappa shape index (κ2) is 10.3. The molecule has 0 aromatic carbocycles. The summed E-state index contributed by atoms with van der Waals surface area (Å²) >= 11 is 0. The van der Waals surface area contributed by atoms with E-state index in [1.807, 2.05) is 0 Å². The van der Waals surface area contributed by atoms with E-state index in [1.165, 1.54) is 23.9 Å². The van der Waals surface area contributed by atoms with Gasteiger partial charge in [-0.2, -0.15) is 0 Å². The van der Waals surface area contributed by atoms with E-state index in [4.69, 9.17) is 26.1 Å². The predicted octanol–water partition coefficient (Wildman–Crippen LogP) is -0.885. The number of ether oxygens (including phenoxy) is 2. The highest BCUT2D eigenvalue weighted by Gasteiger charge is 2.38. The number of nitrogens with zero attached hydrogens (tertiary/aromatic N) is 2. The average molecular weight is 522 g/mol. The fraction of sp³-hybridized carbons (Fsp3) is 0.500. The summed E-state index contributed by atoms with van der Waals surface area (Å²) in [5.74, 6) is 0. The molecule has 0 bridgehead atoms. The Morgan fingerprint density at radius 3 is 2.31 bits per heavy atom. The van der Waals surface area contributed by atoms with E-state index in [2.05, 4.69) is 9.97 Å². The molecule has 36 heavy (non-hydrogen) atoms. The predicted molar refractivity (Wildman–Crippen MR) is 125 cm³/mol. The van der Waals surface area contributed by atoms with Crippen LogP contribution in [-0.2, 0) is 23.1 Å². The lowest BCUT2D eigenvalue weighted by Crippen LogP contribution is -2.33. The third-order valence-electron chi connectivity index (χ3n) is 5.74. The normalized spacial score (nSPS) is 27.4. The molecule has 193 valence electrons. The van der Waals surface area contributed by atoms with Crippen molar-refractivity contribution in [3.05, 3.63) is 77.3 Å². The van der Waals surface area contributed by atoms with Crippen LogP contribution in [0.4, 0.5) is 0 Å². The molecule has 0 saturated carbocycles. The van der Waals surface area contributed by atoms with Crippen molar-refractivity contribution in [2.75, 3.05) is 13.2 Å². The van der Waals surface area contributed by atoms with Gasteiger partial charge in [0.25, 0.3) is 11.1 Å². The number of nitrogens with one attached hydrogen (secondary N) is 2. The minimum atomic E-state index is -4.17.